The van der Waals surface area contributed by atoms with E-state index in [4.69, 9.17) is 15.9 Å². The van der Waals surface area contributed by atoms with Crippen molar-refractivity contribution in [2.75, 3.05) is 18.7 Å². The van der Waals surface area contributed by atoms with Crippen LogP contribution in [0.1, 0.15) is 32.3 Å². The van der Waals surface area contributed by atoms with Gasteiger partial charge >= 0.3 is 0 Å². The van der Waals surface area contributed by atoms with Gasteiger partial charge in [-0.1, -0.05) is 5.92 Å². The van der Waals surface area contributed by atoms with Gasteiger partial charge in [-0.15, -0.1) is 28.0 Å². The van der Waals surface area contributed by atoms with Crippen molar-refractivity contribution < 1.29 is 14.6 Å². The van der Waals surface area contributed by atoms with E-state index in [9.17, 15) is 5.11 Å². The predicted octanol–water partition coefficient (Wildman–Crippen LogP) is 4.04. The molecular formula is C22H23N3O3S. The van der Waals surface area contributed by atoms with Gasteiger partial charge < -0.3 is 19.9 Å². The summed E-state index contributed by atoms with van der Waals surface area (Å²) in [6.07, 6.45) is 6.95. The van der Waals surface area contributed by atoms with E-state index in [0.717, 1.165) is 32.7 Å². The largest absolute Gasteiger partial charge is 0.467 e. The lowest BCUT2D eigenvalue weighted by Gasteiger charge is -2.41. The van der Waals surface area contributed by atoms with Crippen LogP contribution in [0.3, 0.4) is 0 Å². The summed E-state index contributed by atoms with van der Waals surface area (Å²) < 4.78 is 12.2. The van der Waals surface area contributed by atoms with E-state index in [2.05, 4.69) is 21.4 Å². The Morgan fingerprint density at radius 2 is 2.17 bits per heavy atom. The van der Waals surface area contributed by atoms with Crippen molar-refractivity contribution in [3.05, 3.63) is 35.2 Å². The van der Waals surface area contributed by atoms with Gasteiger partial charge in [0.05, 0.1) is 10.3 Å². The molecule has 1 aliphatic carbocycles. The first-order chi connectivity index (χ1) is 14.0. The quantitative estimate of drug-likeness (QED) is 0.348. The molecule has 6 nitrogen and oxygen atoms in total. The van der Waals surface area contributed by atoms with Crippen LogP contribution in [0.4, 0.5) is 5.82 Å². The van der Waals surface area contributed by atoms with Gasteiger partial charge in [0.25, 0.3) is 0 Å². The molecule has 0 amide bonds. The maximum Gasteiger partial charge on any atom is 0.189 e. The highest BCUT2D eigenvalue weighted by Crippen LogP contribution is 2.40. The maximum absolute atomic E-state index is 9.98. The van der Waals surface area contributed by atoms with Gasteiger partial charge in [-0.25, -0.2) is 0 Å². The molecule has 0 radical (unpaired) electrons. The third-order valence-corrected chi connectivity index (χ3v) is 5.92. The van der Waals surface area contributed by atoms with Crippen LogP contribution in [-0.4, -0.2) is 40.3 Å². The Morgan fingerprint density at radius 1 is 1.34 bits per heavy atom. The second kappa shape index (κ2) is 7.99. The number of rotatable bonds is 7. The second-order valence-electron chi connectivity index (χ2n) is 7.42. The number of ether oxygens (including phenoxy) is 2. The van der Waals surface area contributed by atoms with Crippen LogP contribution >= 0.6 is 11.3 Å². The van der Waals surface area contributed by atoms with Crippen molar-refractivity contribution in [1.82, 2.24) is 10.2 Å². The number of hydrogen-bond donors (Lipinski definition) is 2. The molecule has 1 saturated carbocycles. The number of anilines is 1. The molecule has 0 aliphatic heterocycles. The second-order valence-corrected chi connectivity index (χ2v) is 8.33. The van der Waals surface area contributed by atoms with Crippen LogP contribution in [-0.2, 0) is 4.74 Å². The molecule has 4 rings (SSSR count). The van der Waals surface area contributed by atoms with Gasteiger partial charge in [-0.2, -0.15) is 0 Å². The number of hydrogen-bond acceptors (Lipinski definition) is 7. The molecule has 150 valence electrons. The molecule has 29 heavy (non-hydrogen) atoms. The summed E-state index contributed by atoms with van der Waals surface area (Å²) in [7, 11) is 0. The summed E-state index contributed by atoms with van der Waals surface area (Å²) in [5.41, 5.74) is 1.69. The standard InChI is InChI=1S/C22H23N3O3S/c1-4-14-6-7-16(18(10-14)28-13-27-5-2)19-17-8-9-29-20(17)21(25-24-19)23-15-11-22(3,26)12-15/h1,6-10,15,26H,5,11-13H2,2-3H3,(H,23,25). The molecular weight excluding hydrogens is 386 g/mol. The van der Waals surface area contributed by atoms with Gasteiger partial charge in [0.15, 0.2) is 12.6 Å². The van der Waals surface area contributed by atoms with Crippen LogP contribution in [0.5, 0.6) is 5.75 Å². The lowest BCUT2D eigenvalue weighted by atomic mass is 9.77. The maximum atomic E-state index is 9.98. The molecule has 2 N–H and O–H groups in total. The fourth-order valence-corrected chi connectivity index (χ4v) is 4.43. The Bertz CT molecular complexity index is 1060. The highest BCUT2D eigenvalue weighted by Gasteiger charge is 2.38. The van der Waals surface area contributed by atoms with Crippen LogP contribution < -0.4 is 10.1 Å². The summed E-state index contributed by atoms with van der Waals surface area (Å²) in [4.78, 5) is 0. The van der Waals surface area contributed by atoms with Gasteiger partial charge in [-0.05, 0) is 56.3 Å². The van der Waals surface area contributed by atoms with Crippen LogP contribution in [0.25, 0.3) is 21.3 Å². The Kier molecular flexibility index (Phi) is 5.41. The average molecular weight is 410 g/mol. The van der Waals surface area contributed by atoms with Gasteiger partial charge in [0.1, 0.15) is 11.4 Å². The topological polar surface area (TPSA) is 76.5 Å². The van der Waals surface area contributed by atoms with Gasteiger partial charge in [-0.3, -0.25) is 0 Å². The summed E-state index contributed by atoms with van der Waals surface area (Å²) in [5, 5.41) is 25.4. The fourth-order valence-electron chi connectivity index (χ4n) is 3.58. The highest BCUT2D eigenvalue weighted by molar-refractivity contribution is 7.17. The SMILES string of the molecule is C#Cc1ccc(-c2nnc(NC3CC(C)(O)C3)c3sccc23)c(OCOCC)c1. The monoisotopic (exact) mass is 409 g/mol. The van der Waals surface area contributed by atoms with Gasteiger partial charge in [0, 0.05) is 29.2 Å². The van der Waals surface area contributed by atoms with Crippen LogP contribution in [0, 0.1) is 12.3 Å². The normalized spacial score (nSPS) is 20.8. The number of aromatic nitrogens is 2. The predicted molar refractivity (Wildman–Crippen MR) is 115 cm³/mol. The van der Waals surface area contributed by atoms with Crippen molar-refractivity contribution in [1.29, 1.82) is 0 Å². The third-order valence-electron chi connectivity index (χ3n) is 5.00. The van der Waals surface area contributed by atoms with E-state index in [0.29, 0.717) is 25.2 Å². The summed E-state index contributed by atoms with van der Waals surface area (Å²) in [5.74, 6) is 4.00. The number of aliphatic hydroxyl groups is 1. The molecule has 3 aromatic rings. The van der Waals surface area contributed by atoms with Gasteiger partial charge in [0.2, 0.25) is 0 Å². The Morgan fingerprint density at radius 3 is 2.90 bits per heavy atom. The Hall–Kier alpha value is -2.66. The number of nitrogens with zero attached hydrogens (tertiary/aromatic N) is 2. The zero-order chi connectivity index (χ0) is 20.4. The number of thiophene rings is 1. The van der Waals surface area contributed by atoms with E-state index >= 15 is 0 Å². The minimum Gasteiger partial charge on any atom is -0.467 e. The Labute approximate surface area is 173 Å². The fraction of sp³-hybridized carbons (Fsp3) is 0.364. The molecule has 0 atom stereocenters. The number of nitrogens with one attached hydrogen (secondary N) is 1. The average Bonchev–Trinajstić information content (AvgIpc) is 3.17. The van der Waals surface area contributed by atoms with Crippen LogP contribution in [0.2, 0.25) is 0 Å². The molecule has 2 heterocycles. The van der Waals surface area contributed by atoms with Crippen molar-refractivity contribution >= 4 is 27.2 Å². The van der Waals surface area contributed by atoms with E-state index in [1.807, 2.05) is 43.5 Å². The van der Waals surface area contributed by atoms with E-state index in [1.54, 1.807) is 11.3 Å². The molecule has 1 fully saturated rings. The molecule has 1 aliphatic rings. The molecule has 0 saturated heterocycles. The third kappa shape index (κ3) is 4.06. The molecule has 0 unspecified atom stereocenters. The lowest BCUT2D eigenvalue weighted by molar-refractivity contribution is -0.0235. The first-order valence-corrected chi connectivity index (χ1v) is 10.4. The first kappa shape index (κ1) is 19.6. The van der Waals surface area contributed by atoms with Crippen molar-refractivity contribution in [3.63, 3.8) is 0 Å². The summed E-state index contributed by atoms with van der Waals surface area (Å²) in [6, 6.07) is 7.83. The molecule has 1 aromatic carbocycles. The zero-order valence-corrected chi connectivity index (χ0v) is 17.3. The molecule has 7 heteroatoms. The number of terminal acetylenes is 1. The lowest BCUT2D eigenvalue weighted by Crippen LogP contribution is -2.48. The zero-order valence-electron chi connectivity index (χ0n) is 16.4. The molecule has 0 spiro atoms. The molecule has 0 bridgehead atoms. The highest BCUT2D eigenvalue weighted by atomic mass is 32.1. The van der Waals surface area contributed by atoms with E-state index < -0.39 is 5.60 Å². The number of fused-ring (bicyclic) bond motifs is 1. The van der Waals surface area contributed by atoms with Crippen molar-refractivity contribution in [2.45, 2.75) is 38.3 Å². The van der Waals surface area contributed by atoms with Crippen molar-refractivity contribution in [2.24, 2.45) is 0 Å². The summed E-state index contributed by atoms with van der Waals surface area (Å²) >= 11 is 1.61. The van der Waals surface area contributed by atoms with E-state index in [1.165, 1.54) is 0 Å². The smallest absolute Gasteiger partial charge is 0.189 e. The minimum atomic E-state index is -0.592. The van der Waals surface area contributed by atoms with Crippen LogP contribution in [0.15, 0.2) is 29.6 Å². The first-order valence-electron chi connectivity index (χ1n) is 9.55. The summed E-state index contributed by atoms with van der Waals surface area (Å²) in [6.45, 7) is 4.46. The number of benzene rings is 1. The minimum absolute atomic E-state index is 0.138. The van der Waals surface area contributed by atoms with Crippen molar-refractivity contribution in [3.8, 4) is 29.4 Å². The molecule has 2 aromatic heterocycles. The Balaban J connectivity index is 1.69. The van der Waals surface area contributed by atoms with E-state index in [-0.39, 0.29) is 12.8 Å².